The van der Waals surface area contributed by atoms with Crippen LogP contribution in [0.25, 0.3) is 0 Å². The van der Waals surface area contributed by atoms with Crippen molar-refractivity contribution in [3.05, 3.63) is 35.5 Å². The van der Waals surface area contributed by atoms with Gasteiger partial charge in [0.2, 0.25) is 0 Å². The molecule has 0 saturated carbocycles. The summed E-state index contributed by atoms with van der Waals surface area (Å²) in [5.41, 5.74) is 0.145. The Morgan fingerprint density at radius 1 is 1.40 bits per heavy atom. The molecule has 3 heterocycles. The topological polar surface area (TPSA) is 119 Å². The quantitative estimate of drug-likeness (QED) is 0.793. The van der Waals surface area contributed by atoms with Crippen LogP contribution in [0.1, 0.15) is 34.7 Å². The first-order chi connectivity index (χ1) is 12.0. The number of carboxylic acid groups (broad SMARTS) is 1. The van der Waals surface area contributed by atoms with Crippen molar-refractivity contribution in [2.45, 2.75) is 26.3 Å². The van der Waals surface area contributed by atoms with Crippen molar-refractivity contribution >= 4 is 11.9 Å². The number of hydrogen-bond donors (Lipinski definition) is 2. The normalized spacial score (nSPS) is 16.5. The van der Waals surface area contributed by atoms with Gasteiger partial charge in [-0.2, -0.15) is 5.10 Å². The standard InChI is InChI=1S/C16H20N4O5/c1-11-7-18-20(8-11)9-12-6-13(19-25-12)14(21)17-10-16(15(22)23)2-4-24-5-3-16/h6-8H,2-5,9-10H2,1H3,(H,17,21)(H,22,23). The molecule has 1 fully saturated rings. The third-order valence-corrected chi connectivity index (χ3v) is 4.36. The minimum absolute atomic E-state index is 0.0328. The molecule has 0 atom stereocenters. The van der Waals surface area contributed by atoms with Crippen LogP contribution < -0.4 is 5.32 Å². The molecule has 0 bridgehead atoms. The highest BCUT2D eigenvalue weighted by Gasteiger charge is 2.40. The summed E-state index contributed by atoms with van der Waals surface area (Å²) in [6, 6.07) is 1.53. The first-order valence-electron chi connectivity index (χ1n) is 8.02. The summed E-state index contributed by atoms with van der Waals surface area (Å²) in [4.78, 5) is 23.8. The number of aromatic nitrogens is 3. The number of carboxylic acids is 1. The van der Waals surface area contributed by atoms with E-state index in [-0.39, 0.29) is 12.2 Å². The number of ether oxygens (including phenoxy) is 1. The van der Waals surface area contributed by atoms with Gasteiger partial charge in [-0.05, 0) is 25.3 Å². The Bertz CT molecular complexity index is 760. The van der Waals surface area contributed by atoms with E-state index in [1.54, 1.807) is 10.9 Å². The monoisotopic (exact) mass is 348 g/mol. The van der Waals surface area contributed by atoms with Crippen LogP contribution in [-0.2, 0) is 16.1 Å². The lowest BCUT2D eigenvalue weighted by atomic mass is 9.80. The summed E-state index contributed by atoms with van der Waals surface area (Å²) in [5.74, 6) is -0.892. The molecule has 0 aliphatic carbocycles. The van der Waals surface area contributed by atoms with Crippen LogP contribution >= 0.6 is 0 Å². The maximum atomic E-state index is 12.2. The Balaban J connectivity index is 1.60. The summed E-state index contributed by atoms with van der Waals surface area (Å²) in [6.45, 7) is 3.08. The van der Waals surface area contributed by atoms with Crippen LogP contribution in [0.5, 0.6) is 0 Å². The molecule has 1 aliphatic heterocycles. The number of carbonyl (C=O) groups excluding carboxylic acids is 1. The van der Waals surface area contributed by atoms with E-state index in [2.05, 4.69) is 15.6 Å². The third-order valence-electron chi connectivity index (χ3n) is 4.36. The molecule has 1 aliphatic rings. The lowest BCUT2D eigenvalue weighted by molar-refractivity contribution is -0.154. The van der Waals surface area contributed by atoms with Gasteiger partial charge in [-0.1, -0.05) is 5.16 Å². The van der Waals surface area contributed by atoms with Crippen LogP contribution in [-0.4, -0.2) is 51.7 Å². The number of aryl methyl sites for hydroxylation is 1. The van der Waals surface area contributed by atoms with E-state index in [9.17, 15) is 14.7 Å². The van der Waals surface area contributed by atoms with E-state index in [1.165, 1.54) is 6.07 Å². The van der Waals surface area contributed by atoms with Gasteiger partial charge in [0.05, 0.1) is 11.6 Å². The Hall–Kier alpha value is -2.68. The third kappa shape index (κ3) is 3.87. The fourth-order valence-corrected chi connectivity index (χ4v) is 2.78. The van der Waals surface area contributed by atoms with E-state index in [0.29, 0.717) is 38.4 Å². The summed E-state index contributed by atoms with van der Waals surface area (Å²) in [7, 11) is 0. The van der Waals surface area contributed by atoms with Gasteiger partial charge in [-0.15, -0.1) is 0 Å². The minimum atomic E-state index is -0.993. The summed E-state index contributed by atoms with van der Waals surface area (Å²) < 4.78 is 12.1. The fraction of sp³-hybridized carbons (Fsp3) is 0.500. The smallest absolute Gasteiger partial charge is 0.311 e. The summed E-state index contributed by atoms with van der Waals surface area (Å²) >= 11 is 0. The highest BCUT2D eigenvalue weighted by Crippen LogP contribution is 2.30. The van der Waals surface area contributed by atoms with Crippen molar-refractivity contribution in [3.63, 3.8) is 0 Å². The van der Waals surface area contributed by atoms with Gasteiger partial charge < -0.3 is 19.7 Å². The number of amides is 1. The van der Waals surface area contributed by atoms with Crippen molar-refractivity contribution in [2.75, 3.05) is 19.8 Å². The number of nitrogens with one attached hydrogen (secondary N) is 1. The minimum Gasteiger partial charge on any atom is -0.481 e. The van der Waals surface area contributed by atoms with Crippen LogP contribution in [0.15, 0.2) is 23.0 Å². The fourth-order valence-electron chi connectivity index (χ4n) is 2.78. The van der Waals surface area contributed by atoms with Gasteiger partial charge in [-0.25, -0.2) is 0 Å². The zero-order valence-corrected chi connectivity index (χ0v) is 13.9. The molecule has 25 heavy (non-hydrogen) atoms. The highest BCUT2D eigenvalue weighted by molar-refractivity contribution is 5.92. The largest absolute Gasteiger partial charge is 0.481 e. The highest BCUT2D eigenvalue weighted by atomic mass is 16.5. The molecule has 2 N–H and O–H groups in total. The van der Waals surface area contributed by atoms with E-state index < -0.39 is 17.3 Å². The van der Waals surface area contributed by atoms with Crippen LogP contribution in [0, 0.1) is 12.3 Å². The van der Waals surface area contributed by atoms with Gasteiger partial charge >= 0.3 is 5.97 Å². The van der Waals surface area contributed by atoms with Gasteiger partial charge in [0.25, 0.3) is 5.91 Å². The van der Waals surface area contributed by atoms with E-state index in [1.807, 2.05) is 13.1 Å². The van der Waals surface area contributed by atoms with E-state index in [0.717, 1.165) is 5.56 Å². The maximum Gasteiger partial charge on any atom is 0.311 e. The number of carbonyl (C=O) groups is 2. The molecular weight excluding hydrogens is 328 g/mol. The Labute approximate surface area is 143 Å². The molecule has 0 unspecified atom stereocenters. The van der Waals surface area contributed by atoms with E-state index in [4.69, 9.17) is 9.26 Å². The predicted molar refractivity (Wildman–Crippen MR) is 85.0 cm³/mol. The first-order valence-corrected chi connectivity index (χ1v) is 8.02. The summed E-state index contributed by atoms with van der Waals surface area (Å²) in [6.07, 6.45) is 4.31. The van der Waals surface area contributed by atoms with Crippen LogP contribution in [0.3, 0.4) is 0 Å². The molecule has 9 nitrogen and oxygen atoms in total. The summed E-state index contributed by atoms with van der Waals surface area (Å²) in [5, 5.41) is 20.0. The molecule has 1 amide bonds. The van der Waals surface area contributed by atoms with Crippen molar-refractivity contribution < 1.29 is 24.0 Å². The Kier molecular flexibility index (Phi) is 4.84. The van der Waals surface area contributed by atoms with Gasteiger partial charge in [0.1, 0.15) is 6.54 Å². The molecule has 0 radical (unpaired) electrons. The zero-order chi connectivity index (χ0) is 17.9. The molecule has 134 valence electrons. The molecular formula is C16H20N4O5. The predicted octanol–water partition coefficient (Wildman–Crippen LogP) is 0.839. The van der Waals surface area contributed by atoms with Gasteiger partial charge in [-0.3, -0.25) is 14.3 Å². The van der Waals surface area contributed by atoms with Crippen LogP contribution in [0.4, 0.5) is 0 Å². The average molecular weight is 348 g/mol. The SMILES string of the molecule is Cc1cnn(Cc2cc(C(=O)NCC3(C(=O)O)CCOCC3)no2)c1. The van der Waals surface area contributed by atoms with Crippen molar-refractivity contribution in [1.29, 1.82) is 0 Å². The molecule has 3 rings (SSSR count). The second kappa shape index (κ2) is 7.06. The van der Waals surface area contributed by atoms with Crippen LogP contribution in [0.2, 0.25) is 0 Å². The molecule has 0 aromatic carbocycles. The number of aliphatic carboxylic acids is 1. The van der Waals surface area contributed by atoms with E-state index >= 15 is 0 Å². The number of hydrogen-bond acceptors (Lipinski definition) is 6. The lowest BCUT2D eigenvalue weighted by Gasteiger charge is -2.32. The molecule has 1 saturated heterocycles. The van der Waals surface area contributed by atoms with Crippen molar-refractivity contribution in [2.24, 2.45) is 5.41 Å². The van der Waals surface area contributed by atoms with Crippen molar-refractivity contribution in [3.8, 4) is 0 Å². The molecule has 0 spiro atoms. The van der Waals surface area contributed by atoms with Gasteiger partial charge in [0.15, 0.2) is 11.5 Å². The Morgan fingerprint density at radius 2 is 2.16 bits per heavy atom. The van der Waals surface area contributed by atoms with Crippen molar-refractivity contribution in [1.82, 2.24) is 20.3 Å². The zero-order valence-electron chi connectivity index (χ0n) is 13.9. The second-order valence-electron chi connectivity index (χ2n) is 6.27. The maximum absolute atomic E-state index is 12.2. The van der Waals surface area contributed by atoms with Gasteiger partial charge in [0, 0.05) is 32.0 Å². The molecule has 2 aromatic rings. The molecule has 2 aromatic heterocycles. The second-order valence-corrected chi connectivity index (χ2v) is 6.27. The Morgan fingerprint density at radius 3 is 2.80 bits per heavy atom. The molecule has 9 heteroatoms. The average Bonchev–Trinajstić information content (AvgIpc) is 3.23. The number of rotatable bonds is 6. The lowest BCUT2D eigenvalue weighted by Crippen LogP contribution is -2.46. The number of nitrogens with zero attached hydrogens (tertiary/aromatic N) is 3. The first kappa shape index (κ1) is 17.2.